The first-order valence-electron chi connectivity index (χ1n) is 4.41. The Labute approximate surface area is 92.3 Å². The van der Waals surface area contributed by atoms with Gasteiger partial charge in [0.05, 0.1) is 23.0 Å². The van der Waals surface area contributed by atoms with Crippen molar-refractivity contribution in [3.63, 3.8) is 0 Å². The monoisotopic (exact) mass is 232 g/mol. The quantitative estimate of drug-likeness (QED) is 0.815. The van der Waals surface area contributed by atoms with Crippen LogP contribution in [-0.2, 0) is 11.3 Å². The van der Waals surface area contributed by atoms with E-state index in [4.69, 9.17) is 16.7 Å². The lowest BCUT2D eigenvalue weighted by Gasteiger charge is -2.18. The van der Waals surface area contributed by atoms with Crippen LogP contribution in [0.25, 0.3) is 0 Å². The molecular formula is C9H13ClN2O3. The van der Waals surface area contributed by atoms with Gasteiger partial charge in [0.2, 0.25) is 0 Å². The van der Waals surface area contributed by atoms with E-state index in [1.165, 1.54) is 11.6 Å². The zero-order valence-corrected chi connectivity index (χ0v) is 9.54. The number of nitrogens with zero attached hydrogens (tertiary/aromatic N) is 2. The molecule has 1 aromatic rings. The number of halogens is 1. The van der Waals surface area contributed by atoms with Crippen LogP contribution >= 0.6 is 11.6 Å². The first-order valence-corrected chi connectivity index (χ1v) is 4.79. The number of rotatable bonds is 3. The number of carboxylic acids is 1. The summed E-state index contributed by atoms with van der Waals surface area (Å²) < 4.78 is 1.39. The van der Waals surface area contributed by atoms with Gasteiger partial charge >= 0.3 is 5.97 Å². The van der Waals surface area contributed by atoms with Gasteiger partial charge in [-0.2, -0.15) is 5.10 Å². The molecule has 0 bridgehead atoms. The maximum absolute atomic E-state index is 10.7. The van der Waals surface area contributed by atoms with Gasteiger partial charge in [-0.3, -0.25) is 4.68 Å². The highest BCUT2D eigenvalue weighted by atomic mass is 35.5. The molecule has 0 spiro atoms. The second-order valence-electron chi connectivity index (χ2n) is 3.72. The van der Waals surface area contributed by atoms with Gasteiger partial charge in [-0.05, 0) is 20.8 Å². The third-order valence-electron chi connectivity index (χ3n) is 2.21. The van der Waals surface area contributed by atoms with E-state index < -0.39 is 11.6 Å². The number of aliphatic hydroxyl groups is 1. The second-order valence-corrected chi connectivity index (χ2v) is 4.10. The Balaban J connectivity index is 3.00. The summed E-state index contributed by atoms with van der Waals surface area (Å²) >= 11 is 5.89. The molecule has 0 radical (unpaired) electrons. The van der Waals surface area contributed by atoms with E-state index in [0.717, 1.165) is 0 Å². The van der Waals surface area contributed by atoms with Crippen molar-refractivity contribution in [1.82, 2.24) is 9.78 Å². The van der Waals surface area contributed by atoms with Gasteiger partial charge in [-0.1, -0.05) is 11.6 Å². The maximum Gasteiger partial charge on any atom is 0.337 e. The highest BCUT2D eigenvalue weighted by molar-refractivity contribution is 6.31. The fourth-order valence-corrected chi connectivity index (χ4v) is 1.32. The van der Waals surface area contributed by atoms with Gasteiger partial charge in [0.15, 0.2) is 5.60 Å². The number of aryl methyl sites for hydroxylation is 1. The zero-order chi connectivity index (χ0) is 11.8. The topological polar surface area (TPSA) is 75.3 Å². The molecule has 0 amide bonds. The average Bonchev–Trinajstić information content (AvgIpc) is 2.33. The molecule has 1 atom stereocenters. The lowest BCUT2D eigenvalue weighted by Crippen LogP contribution is -2.40. The van der Waals surface area contributed by atoms with Gasteiger partial charge in [-0.25, -0.2) is 4.79 Å². The van der Waals surface area contributed by atoms with Crippen molar-refractivity contribution in [2.24, 2.45) is 0 Å². The van der Waals surface area contributed by atoms with Gasteiger partial charge in [0, 0.05) is 0 Å². The number of hydrogen-bond donors (Lipinski definition) is 2. The standard InChI is InChI=1S/C9H13ClN2O3/c1-5-7(10)6(2)12(11-5)4-9(3,15)8(13)14/h15H,4H2,1-3H3,(H,13,14). The van der Waals surface area contributed by atoms with Crippen LogP contribution in [0.2, 0.25) is 5.02 Å². The van der Waals surface area contributed by atoms with Crippen molar-refractivity contribution in [3.8, 4) is 0 Å². The number of aliphatic carboxylic acids is 1. The molecule has 0 saturated heterocycles. The van der Waals surface area contributed by atoms with Crippen molar-refractivity contribution in [3.05, 3.63) is 16.4 Å². The minimum absolute atomic E-state index is 0.123. The van der Waals surface area contributed by atoms with Crippen molar-refractivity contribution in [2.75, 3.05) is 0 Å². The first kappa shape index (κ1) is 12.0. The largest absolute Gasteiger partial charge is 0.479 e. The summed E-state index contributed by atoms with van der Waals surface area (Å²) in [7, 11) is 0. The molecule has 0 aliphatic heterocycles. The van der Waals surface area contributed by atoms with E-state index in [0.29, 0.717) is 16.4 Å². The van der Waals surface area contributed by atoms with E-state index in [2.05, 4.69) is 5.10 Å². The lowest BCUT2D eigenvalue weighted by molar-refractivity contribution is -0.158. The molecule has 0 saturated carbocycles. The molecule has 2 N–H and O–H groups in total. The average molecular weight is 233 g/mol. The van der Waals surface area contributed by atoms with Crippen LogP contribution in [0.4, 0.5) is 0 Å². The third-order valence-corrected chi connectivity index (χ3v) is 2.76. The minimum Gasteiger partial charge on any atom is -0.479 e. The molecule has 0 fully saturated rings. The highest BCUT2D eigenvalue weighted by Gasteiger charge is 2.31. The van der Waals surface area contributed by atoms with Crippen LogP contribution in [-0.4, -0.2) is 31.6 Å². The lowest BCUT2D eigenvalue weighted by atomic mass is 10.1. The fourth-order valence-electron chi connectivity index (χ4n) is 1.19. The molecule has 6 heteroatoms. The summed E-state index contributed by atoms with van der Waals surface area (Å²) in [5.74, 6) is -1.29. The molecule has 1 heterocycles. The third kappa shape index (κ3) is 2.30. The molecule has 84 valence electrons. The molecule has 0 aliphatic carbocycles. The Morgan fingerprint density at radius 2 is 2.13 bits per heavy atom. The molecule has 0 aliphatic rings. The molecule has 5 nitrogen and oxygen atoms in total. The van der Waals surface area contributed by atoms with Crippen molar-refractivity contribution < 1.29 is 15.0 Å². The summed E-state index contributed by atoms with van der Waals surface area (Å²) in [6, 6.07) is 0. The van der Waals surface area contributed by atoms with Gasteiger partial charge in [0.25, 0.3) is 0 Å². The molecule has 0 aromatic carbocycles. The van der Waals surface area contributed by atoms with Gasteiger partial charge in [-0.15, -0.1) is 0 Å². The van der Waals surface area contributed by atoms with E-state index in [9.17, 15) is 9.90 Å². The minimum atomic E-state index is -1.84. The van der Waals surface area contributed by atoms with Crippen LogP contribution in [0.15, 0.2) is 0 Å². The fraction of sp³-hybridized carbons (Fsp3) is 0.556. The zero-order valence-electron chi connectivity index (χ0n) is 8.78. The summed E-state index contributed by atoms with van der Waals surface area (Å²) in [5.41, 5.74) is -0.571. The molecular weight excluding hydrogens is 220 g/mol. The predicted molar refractivity (Wildman–Crippen MR) is 55.0 cm³/mol. The molecule has 1 unspecified atom stereocenters. The predicted octanol–water partition coefficient (Wildman–Crippen LogP) is 0.989. The van der Waals surface area contributed by atoms with Gasteiger partial charge in [0.1, 0.15) is 0 Å². The van der Waals surface area contributed by atoms with Crippen molar-refractivity contribution >= 4 is 17.6 Å². The highest BCUT2D eigenvalue weighted by Crippen LogP contribution is 2.20. The molecule has 1 rings (SSSR count). The van der Waals surface area contributed by atoms with Crippen LogP contribution in [0.1, 0.15) is 18.3 Å². The normalized spacial score (nSPS) is 15.0. The Hall–Kier alpha value is -1.07. The summed E-state index contributed by atoms with van der Waals surface area (Å²) in [5, 5.41) is 22.8. The number of hydrogen-bond acceptors (Lipinski definition) is 3. The maximum atomic E-state index is 10.7. The SMILES string of the molecule is Cc1nn(CC(C)(O)C(=O)O)c(C)c1Cl. The van der Waals surface area contributed by atoms with Crippen LogP contribution in [0, 0.1) is 13.8 Å². The van der Waals surface area contributed by atoms with Crippen LogP contribution < -0.4 is 0 Å². The van der Waals surface area contributed by atoms with Crippen LogP contribution in [0.3, 0.4) is 0 Å². The summed E-state index contributed by atoms with van der Waals surface area (Å²) in [6.45, 7) is 4.54. The van der Waals surface area contributed by atoms with E-state index >= 15 is 0 Å². The smallest absolute Gasteiger partial charge is 0.337 e. The molecule has 15 heavy (non-hydrogen) atoms. The Kier molecular flexibility index (Phi) is 3.06. The first-order chi connectivity index (χ1) is 6.75. The Morgan fingerprint density at radius 1 is 1.60 bits per heavy atom. The Bertz CT molecular complexity index is 398. The van der Waals surface area contributed by atoms with Crippen LogP contribution in [0.5, 0.6) is 0 Å². The van der Waals surface area contributed by atoms with E-state index in [1.54, 1.807) is 13.8 Å². The number of carboxylic acid groups (broad SMARTS) is 1. The Morgan fingerprint density at radius 3 is 2.47 bits per heavy atom. The van der Waals surface area contributed by atoms with Crippen molar-refractivity contribution in [1.29, 1.82) is 0 Å². The second kappa shape index (κ2) is 3.83. The number of carbonyl (C=O) groups is 1. The van der Waals surface area contributed by atoms with Crippen molar-refractivity contribution in [2.45, 2.75) is 32.9 Å². The van der Waals surface area contributed by atoms with E-state index in [1.807, 2.05) is 0 Å². The van der Waals surface area contributed by atoms with E-state index in [-0.39, 0.29) is 6.54 Å². The number of aromatic nitrogens is 2. The molecule has 1 aromatic heterocycles. The summed E-state index contributed by atoms with van der Waals surface area (Å²) in [4.78, 5) is 10.7. The summed E-state index contributed by atoms with van der Waals surface area (Å²) in [6.07, 6.45) is 0. The van der Waals surface area contributed by atoms with Gasteiger partial charge < -0.3 is 10.2 Å².